The summed E-state index contributed by atoms with van der Waals surface area (Å²) in [7, 11) is 0. The second-order valence-electron chi connectivity index (χ2n) is 11.9. The summed E-state index contributed by atoms with van der Waals surface area (Å²) >= 11 is 0. The summed E-state index contributed by atoms with van der Waals surface area (Å²) in [6, 6.07) is 6.01. The first-order valence-electron chi connectivity index (χ1n) is 15.4. The summed E-state index contributed by atoms with van der Waals surface area (Å²) in [6.07, 6.45) is 15.2. The maximum Gasteiger partial charge on any atom is 0.165 e. The number of nitrogens with one attached hydrogen (secondary N) is 3. The largest absolute Gasteiger partial charge is 0.472 e. The zero-order valence-corrected chi connectivity index (χ0v) is 24.6. The number of rotatable bonds is 7. The van der Waals surface area contributed by atoms with E-state index < -0.39 is 0 Å². The molecule has 2 aliphatic rings. The Morgan fingerprint density at radius 2 is 1.57 bits per heavy atom. The fourth-order valence-electron chi connectivity index (χ4n) is 6.51. The summed E-state index contributed by atoms with van der Waals surface area (Å²) in [6.45, 7) is 5.99. The van der Waals surface area contributed by atoms with E-state index in [-0.39, 0.29) is 6.17 Å². The number of fused-ring (bicyclic) bond motifs is 2. The van der Waals surface area contributed by atoms with Crippen LogP contribution in [0.5, 0.6) is 0 Å². The molecule has 13 nitrogen and oxygen atoms in total. The normalized spacial score (nSPS) is 19.9. The SMILES string of the molecule is CC(Nc1cc(C2CCCNC2)nc2c(-c3ccoc3)cnn12)n1cc(-c2cnn3c(N)cc(C4CCCNC4)nc23)cn1. The molecule has 2 fully saturated rings. The van der Waals surface area contributed by atoms with Gasteiger partial charge in [0.25, 0.3) is 0 Å². The molecule has 44 heavy (non-hydrogen) atoms. The van der Waals surface area contributed by atoms with Crippen LogP contribution in [0.25, 0.3) is 33.5 Å². The summed E-state index contributed by atoms with van der Waals surface area (Å²) in [5, 5.41) is 24.6. The van der Waals surface area contributed by atoms with Crippen LogP contribution in [0.2, 0.25) is 0 Å². The summed E-state index contributed by atoms with van der Waals surface area (Å²) < 4.78 is 10.8. The number of hydrogen-bond donors (Lipinski definition) is 4. The second kappa shape index (κ2) is 11.1. The van der Waals surface area contributed by atoms with Crippen LogP contribution in [0, 0.1) is 0 Å². The molecular formula is C31H36N12O. The Hall–Kier alpha value is -4.75. The maximum atomic E-state index is 6.43. The van der Waals surface area contributed by atoms with Gasteiger partial charge in [-0.05, 0) is 51.8 Å². The summed E-state index contributed by atoms with van der Waals surface area (Å²) in [5.41, 5.74) is 13.7. The van der Waals surface area contributed by atoms with Crippen LogP contribution in [-0.2, 0) is 0 Å². The predicted octanol–water partition coefficient (Wildman–Crippen LogP) is 4.04. The van der Waals surface area contributed by atoms with E-state index in [1.807, 2.05) is 46.1 Å². The van der Waals surface area contributed by atoms with E-state index in [9.17, 15) is 0 Å². The van der Waals surface area contributed by atoms with Crippen LogP contribution in [0.1, 0.15) is 62.0 Å². The number of hydrogen-bond acceptors (Lipinski definition) is 10. The Morgan fingerprint density at radius 1 is 0.886 bits per heavy atom. The minimum atomic E-state index is -0.183. The van der Waals surface area contributed by atoms with Gasteiger partial charge in [0.15, 0.2) is 11.3 Å². The Labute approximate surface area is 253 Å². The van der Waals surface area contributed by atoms with Gasteiger partial charge >= 0.3 is 0 Å². The molecule has 0 saturated carbocycles. The van der Waals surface area contributed by atoms with Gasteiger partial charge in [0.2, 0.25) is 0 Å². The number of nitrogens with two attached hydrogens (primary N) is 1. The summed E-state index contributed by atoms with van der Waals surface area (Å²) in [4.78, 5) is 10.1. The standard InChI is InChI=1S/C31H36N12O/c1-19(38-29-11-27(21-5-3-8-34-13-21)40-31-24(15-37-43(29)31)22-6-9-44-18-22)41-17-23(14-35-41)25-16-36-42-28(32)10-26(39-30(25)42)20-4-2-7-33-12-20/h6,9-11,14-21,33-34,38H,2-5,7-8,12-13,32H2,1H3. The molecule has 13 heteroatoms. The van der Waals surface area contributed by atoms with Gasteiger partial charge < -0.3 is 26.1 Å². The Balaban J connectivity index is 1.12. The average Bonchev–Trinajstić information content (AvgIpc) is 3.88. The molecule has 0 aliphatic carbocycles. The fraction of sp³-hybridized carbons (Fsp3) is 0.387. The molecule has 2 saturated heterocycles. The quantitative estimate of drug-likeness (QED) is 0.214. The monoisotopic (exact) mass is 592 g/mol. The lowest BCUT2D eigenvalue weighted by Gasteiger charge is -2.24. The third kappa shape index (κ3) is 4.77. The van der Waals surface area contributed by atoms with Crippen molar-refractivity contribution < 1.29 is 4.42 Å². The minimum absolute atomic E-state index is 0.183. The van der Waals surface area contributed by atoms with Gasteiger partial charge in [0, 0.05) is 65.5 Å². The highest BCUT2D eigenvalue weighted by molar-refractivity contribution is 5.78. The van der Waals surface area contributed by atoms with Crippen LogP contribution >= 0.6 is 0 Å². The van der Waals surface area contributed by atoms with Crippen LogP contribution in [-0.4, -0.2) is 65.2 Å². The molecular weight excluding hydrogens is 556 g/mol. The van der Waals surface area contributed by atoms with Crippen molar-refractivity contribution in [2.45, 2.75) is 50.6 Å². The Bertz CT molecular complexity index is 1910. The van der Waals surface area contributed by atoms with Crippen molar-refractivity contribution in [2.24, 2.45) is 0 Å². The molecule has 3 unspecified atom stereocenters. The van der Waals surface area contributed by atoms with Gasteiger partial charge in [-0.2, -0.15) is 24.3 Å². The molecule has 8 rings (SSSR count). The van der Waals surface area contributed by atoms with Gasteiger partial charge in [0.1, 0.15) is 17.8 Å². The van der Waals surface area contributed by atoms with E-state index in [4.69, 9.17) is 30.3 Å². The molecule has 5 N–H and O–H groups in total. The van der Waals surface area contributed by atoms with Gasteiger partial charge in [-0.15, -0.1) is 0 Å². The van der Waals surface area contributed by atoms with Crippen LogP contribution in [0.4, 0.5) is 11.6 Å². The van der Waals surface area contributed by atoms with Gasteiger partial charge in [-0.3, -0.25) is 0 Å². The molecule has 6 aromatic heterocycles. The summed E-state index contributed by atoms with van der Waals surface area (Å²) in [5.74, 6) is 2.11. The first-order valence-corrected chi connectivity index (χ1v) is 15.4. The topological polar surface area (TPSA) is 153 Å². The zero-order valence-electron chi connectivity index (χ0n) is 24.6. The molecule has 0 amide bonds. The Morgan fingerprint density at radius 3 is 2.25 bits per heavy atom. The van der Waals surface area contributed by atoms with E-state index in [2.05, 4.69) is 34.0 Å². The number of piperidine rings is 2. The van der Waals surface area contributed by atoms with E-state index in [1.165, 1.54) is 0 Å². The number of anilines is 2. The van der Waals surface area contributed by atoms with E-state index in [0.29, 0.717) is 17.7 Å². The minimum Gasteiger partial charge on any atom is -0.472 e. The van der Waals surface area contributed by atoms with Gasteiger partial charge in [-0.1, -0.05) is 0 Å². The lowest BCUT2D eigenvalue weighted by atomic mass is 9.96. The smallest absolute Gasteiger partial charge is 0.165 e. The third-order valence-corrected chi connectivity index (χ3v) is 8.94. The molecule has 2 aliphatic heterocycles. The number of nitrogen functional groups attached to an aromatic ring is 1. The first kappa shape index (κ1) is 26.8. The Kier molecular flexibility index (Phi) is 6.75. The molecule has 0 bridgehead atoms. The fourth-order valence-corrected chi connectivity index (χ4v) is 6.51. The van der Waals surface area contributed by atoms with Crippen molar-refractivity contribution in [3.8, 4) is 22.3 Å². The average molecular weight is 593 g/mol. The number of furan rings is 1. The molecule has 0 radical (unpaired) electrons. The number of aromatic nitrogens is 8. The van der Waals surface area contributed by atoms with Crippen molar-refractivity contribution in [3.05, 3.63) is 66.9 Å². The predicted molar refractivity (Wildman–Crippen MR) is 167 cm³/mol. The lowest BCUT2D eigenvalue weighted by molar-refractivity contribution is 0.454. The van der Waals surface area contributed by atoms with Gasteiger partial charge in [0.05, 0.1) is 42.5 Å². The molecule has 0 aromatic carbocycles. The van der Waals surface area contributed by atoms with Crippen LogP contribution < -0.4 is 21.7 Å². The van der Waals surface area contributed by atoms with Crippen molar-refractivity contribution in [1.29, 1.82) is 0 Å². The molecule has 3 atom stereocenters. The highest BCUT2D eigenvalue weighted by Crippen LogP contribution is 2.32. The van der Waals surface area contributed by atoms with E-state index in [0.717, 1.165) is 103 Å². The molecule has 6 aromatic rings. The molecule has 226 valence electrons. The highest BCUT2D eigenvalue weighted by atomic mass is 16.3. The van der Waals surface area contributed by atoms with Crippen molar-refractivity contribution in [2.75, 3.05) is 37.2 Å². The second-order valence-corrected chi connectivity index (χ2v) is 11.9. The van der Waals surface area contributed by atoms with Crippen molar-refractivity contribution in [3.63, 3.8) is 0 Å². The zero-order chi connectivity index (χ0) is 29.6. The lowest BCUT2D eigenvalue weighted by Crippen LogP contribution is -2.29. The van der Waals surface area contributed by atoms with E-state index >= 15 is 0 Å². The first-order chi connectivity index (χ1) is 21.6. The van der Waals surface area contributed by atoms with E-state index in [1.54, 1.807) is 17.0 Å². The maximum absolute atomic E-state index is 6.43. The third-order valence-electron chi connectivity index (χ3n) is 8.94. The van der Waals surface area contributed by atoms with Crippen molar-refractivity contribution in [1.82, 2.24) is 49.6 Å². The van der Waals surface area contributed by atoms with Crippen LogP contribution in [0.3, 0.4) is 0 Å². The highest BCUT2D eigenvalue weighted by Gasteiger charge is 2.23. The van der Waals surface area contributed by atoms with Crippen molar-refractivity contribution >= 4 is 22.9 Å². The van der Waals surface area contributed by atoms with Crippen LogP contribution in [0.15, 0.2) is 59.9 Å². The molecule has 0 spiro atoms. The molecule has 8 heterocycles. The number of nitrogens with zero attached hydrogens (tertiary/aromatic N) is 8. The van der Waals surface area contributed by atoms with Gasteiger partial charge in [-0.25, -0.2) is 14.6 Å².